The van der Waals surface area contributed by atoms with Gasteiger partial charge in [-0.25, -0.2) is 0 Å². The van der Waals surface area contributed by atoms with E-state index in [-0.39, 0.29) is 48.1 Å². The first-order valence-electron chi connectivity index (χ1n) is 17.1. The summed E-state index contributed by atoms with van der Waals surface area (Å²) in [5, 5.41) is 14.8. The Labute approximate surface area is 280 Å². The van der Waals surface area contributed by atoms with Gasteiger partial charge >= 0.3 is 0 Å². The molecule has 0 aromatic heterocycles. The molecule has 9 heteroatoms. The summed E-state index contributed by atoms with van der Waals surface area (Å²) in [6.45, 7) is 9.41. The number of hydrogen-bond acceptors (Lipinski definition) is 6. The van der Waals surface area contributed by atoms with E-state index in [1.54, 1.807) is 7.11 Å². The van der Waals surface area contributed by atoms with Crippen LogP contribution in [0.3, 0.4) is 0 Å². The summed E-state index contributed by atoms with van der Waals surface area (Å²) in [7, 11) is -0.460. The molecule has 3 aliphatic rings. The zero-order valence-corrected chi connectivity index (χ0v) is 29.2. The second-order valence-electron chi connectivity index (χ2n) is 14.0. The van der Waals surface area contributed by atoms with Crippen molar-refractivity contribution in [3.63, 3.8) is 0 Å². The number of anilines is 1. The SMILES string of the molecule is COc1ccc([Si](C)(C)[C@H]2[C@H](C)[C@H](CCc3cccc(N4CCNCC4=O)c3)O[C@@H]2CC(=O)N2Cc3ccccc3C[C@H]2CO)cc1. The van der Waals surface area contributed by atoms with E-state index < -0.39 is 8.07 Å². The van der Waals surface area contributed by atoms with Gasteiger partial charge in [0.2, 0.25) is 11.8 Å². The minimum Gasteiger partial charge on any atom is -0.497 e. The molecule has 3 aliphatic heterocycles. The Bertz CT molecular complexity index is 1560. The topological polar surface area (TPSA) is 91.3 Å². The molecule has 8 nitrogen and oxygen atoms in total. The number of carbonyl (C=O) groups excluding carboxylic acids is 2. The van der Waals surface area contributed by atoms with Crippen molar-refractivity contribution in [1.82, 2.24) is 10.2 Å². The standard InChI is InChI=1S/C38H49N3O5Si/c1-26-34(17-12-27-8-7-11-30(20-27)40-19-18-39-23-37(40)44)46-35(38(26)47(3,4)33-15-13-32(45-2)14-16-33)22-36(43)41-24-29-10-6-5-9-28(29)21-31(41)25-42/h5-11,13-16,20,26,31,34-35,38-39,42H,12,17-19,21-25H2,1-4H3/t26-,31+,34+,35-,38+/m1/s1. The van der Waals surface area contributed by atoms with E-state index in [1.165, 1.54) is 16.3 Å². The minimum atomic E-state index is -2.15. The molecule has 0 spiro atoms. The zero-order valence-electron chi connectivity index (χ0n) is 28.2. The number of aliphatic hydroxyl groups excluding tert-OH is 1. The molecule has 250 valence electrons. The molecule has 0 saturated carbocycles. The van der Waals surface area contributed by atoms with E-state index in [9.17, 15) is 14.7 Å². The van der Waals surface area contributed by atoms with Crippen LogP contribution in [-0.2, 0) is 33.7 Å². The van der Waals surface area contributed by atoms with Crippen LogP contribution in [0.1, 0.15) is 36.5 Å². The maximum atomic E-state index is 14.1. The van der Waals surface area contributed by atoms with Gasteiger partial charge in [0.1, 0.15) is 5.75 Å². The molecule has 3 heterocycles. The van der Waals surface area contributed by atoms with Crippen molar-refractivity contribution in [3.8, 4) is 5.75 Å². The van der Waals surface area contributed by atoms with Gasteiger partial charge in [-0.05, 0) is 71.7 Å². The molecule has 6 rings (SSSR count). The summed E-state index contributed by atoms with van der Waals surface area (Å²) in [6, 6.07) is 24.8. The van der Waals surface area contributed by atoms with E-state index in [0.717, 1.165) is 36.4 Å². The Morgan fingerprint density at radius 3 is 2.53 bits per heavy atom. The lowest BCUT2D eigenvalue weighted by molar-refractivity contribution is -0.138. The van der Waals surface area contributed by atoms with E-state index >= 15 is 0 Å². The lowest BCUT2D eigenvalue weighted by Crippen LogP contribution is -2.52. The van der Waals surface area contributed by atoms with E-state index in [0.29, 0.717) is 32.5 Å². The van der Waals surface area contributed by atoms with Crippen LogP contribution in [0.4, 0.5) is 5.69 Å². The molecule has 3 aromatic carbocycles. The molecule has 0 aliphatic carbocycles. The summed E-state index contributed by atoms with van der Waals surface area (Å²) in [5.74, 6) is 1.24. The molecule has 2 fully saturated rings. The second kappa shape index (κ2) is 14.3. The van der Waals surface area contributed by atoms with Crippen LogP contribution in [0.2, 0.25) is 18.6 Å². The molecule has 2 N–H and O–H groups in total. The van der Waals surface area contributed by atoms with Crippen molar-refractivity contribution in [1.29, 1.82) is 0 Å². The van der Waals surface area contributed by atoms with E-state index in [1.807, 2.05) is 46.2 Å². The first-order chi connectivity index (χ1) is 22.7. The number of benzene rings is 3. The molecule has 5 atom stereocenters. The Morgan fingerprint density at radius 2 is 1.81 bits per heavy atom. The van der Waals surface area contributed by atoms with Gasteiger partial charge in [0.15, 0.2) is 0 Å². The first-order valence-corrected chi connectivity index (χ1v) is 20.1. The number of fused-ring (bicyclic) bond motifs is 1. The van der Waals surface area contributed by atoms with Gasteiger partial charge in [-0.3, -0.25) is 9.59 Å². The Balaban J connectivity index is 1.23. The smallest absolute Gasteiger partial charge is 0.240 e. The van der Waals surface area contributed by atoms with Crippen LogP contribution >= 0.6 is 0 Å². The van der Waals surface area contributed by atoms with Gasteiger partial charge < -0.3 is 29.7 Å². The number of hydrogen-bond donors (Lipinski definition) is 2. The predicted molar refractivity (Wildman–Crippen MR) is 188 cm³/mol. The molecule has 2 saturated heterocycles. The van der Waals surface area contributed by atoms with E-state index in [4.69, 9.17) is 9.47 Å². The summed E-state index contributed by atoms with van der Waals surface area (Å²) in [6.07, 6.45) is 2.42. The fourth-order valence-electron chi connectivity index (χ4n) is 8.24. The highest BCUT2D eigenvalue weighted by atomic mass is 28.3. The lowest BCUT2D eigenvalue weighted by atomic mass is 9.93. The third-order valence-electron chi connectivity index (χ3n) is 10.9. The Kier molecular flexibility index (Phi) is 10.2. The normalized spacial score (nSPS) is 24.7. The number of nitrogens with zero attached hydrogens (tertiary/aromatic N) is 2. The molecule has 0 unspecified atom stereocenters. The Hall–Kier alpha value is -3.50. The lowest BCUT2D eigenvalue weighted by Gasteiger charge is -2.39. The van der Waals surface area contributed by atoms with E-state index in [2.05, 4.69) is 61.7 Å². The van der Waals surface area contributed by atoms with Crippen LogP contribution in [0, 0.1) is 5.92 Å². The van der Waals surface area contributed by atoms with Crippen molar-refractivity contribution in [2.45, 2.75) is 76.0 Å². The molecular weight excluding hydrogens is 607 g/mol. The molecule has 0 radical (unpaired) electrons. The number of carbonyl (C=O) groups is 2. The first kappa shape index (κ1) is 33.4. The maximum absolute atomic E-state index is 14.1. The molecule has 2 amide bonds. The summed E-state index contributed by atoms with van der Waals surface area (Å²) >= 11 is 0. The average Bonchev–Trinajstić information content (AvgIpc) is 3.41. The number of aryl methyl sites for hydroxylation is 1. The van der Waals surface area contributed by atoms with Crippen molar-refractivity contribution in [2.24, 2.45) is 5.92 Å². The minimum absolute atomic E-state index is 0.00280. The average molecular weight is 656 g/mol. The third kappa shape index (κ3) is 7.04. The van der Waals surface area contributed by atoms with Gasteiger partial charge in [-0.15, -0.1) is 0 Å². The number of amides is 2. The van der Waals surface area contributed by atoms with Gasteiger partial charge in [0, 0.05) is 25.3 Å². The van der Waals surface area contributed by atoms with Crippen LogP contribution in [0.5, 0.6) is 5.75 Å². The van der Waals surface area contributed by atoms with Crippen molar-refractivity contribution >= 4 is 30.8 Å². The highest BCUT2D eigenvalue weighted by Crippen LogP contribution is 2.47. The number of ether oxygens (including phenoxy) is 2. The highest BCUT2D eigenvalue weighted by molar-refractivity contribution is 6.91. The van der Waals surface area contributed by atoms with Gasteiger partial charge in [0.25, 0.3) is 0 Å². The number of piperazine rings is 1. The molecule has 3 aromatic rings. The highest BCUT2D eigenvalue weighted by Gasteiger charge is 2.51. The van der Waals surface area contributed by atoms with Gasteiger partial charge in [-0.1, -0.05) is 73.7 Å². The van der Waals surface area contributed by atoms with Gasteiger partial charge in [-0.2, -0.15) is 0 Å². The summed E-state index contributed by atoms with van der Waals surface area (Å²) in [5.41, 5.74) is 4.71. The molecular formula is C38H49N3O5Si. The number of aliphatic hydroxyl groups is 1. The van der Waals surface area contributed by atoms with Crippen LogP contribution in [0.25, 0.3) is 0 Å². The monoisotopic (exact) mass is 655 g/mol. The van der Waals surface area contributed by atoms with Crippen molar-refractivity contribution in [3.05, 3.63) is 89.5 Å². The second-order valence-corrected chi connectivity index (χ2v) is 18.7. The van der Waals surface area contributed by atoms with Gasteiger partial charge in [0.05, 0.1) is 53.0 Å². The van der Waals surface area contributed by atoms with Crippen LogP contribution in [-0.4, -0.2) is 81.5 Å². The predicted octanol–water partition coefficient (Wildman–Crippen LogP) is 4.29. The Morgan fingerprint density at radius 1 is 1.04 bits per heavy atom. The fraction of sp³-hybridized carbons (Fsp3) is 0.474. The zero-order chi connectivity index (χ0) is 33.1. The van der Waals surface area contributed by atoms with Crippen molar-refractivity contribution in [2.75, 3.05) is 38.3 Å². The third-order valence-corrected chi connectivity index (χ3v) is 15.2. The van der Waals surface area contributed by atoms with Crippen LogP contribution < -0.4 is 20.1 Å². The quantitative estimate of drug-likeness (QED) is 0.317. The number of rotatable bonds is 10. The van der Waals surface area contributed by atoms with Crippen LogP contribution in [0.15, 0.2) is 72.8 Å². The van der Waals surface area contributed by atoms with Crippen molar-refractivity contribution < 1.29 is 24.2 Å². The maximum Gasteiger partial charge on any atom is 0.240 e. The number of methoxy groups -OCH3 is 1. The molecule has 47 heavy (non-hydrogen) atoms. The largest absolute Gasteiger partial charge is 0.497 e. The summed E-state index contributed by atoms with van der Waals surface area (Å²) in [4.78, 5) is 30.4. The summed E-state index contributed by atoms with van der Waals surface area (Å²) < 4.78 is 12.4. The molecule has 0 bridgehead atoms. The fourth-order valence-corrected chi connectivity index (χ4v) is 12.3. The number of nitrogens with one attached hydrogen (secondary N) is 1.